The van der Waals surface area contributed by atoms with Crippen molar-refractivity contribution in [3.63, 3.8) is 0 Å². The standard InChI is InChI=1S/C12H17BrN2O2/c1-8(2)17-7-12(16)15(3)11-5-4-9(13)6-10(11)14/h4-6,8H,7,14H2,1-3H3. The van der Waals surface area contributed by atoms with Crippen molar-refractivity contribution in [2.75, 3.05) is 24.3 Å². The number of hydrogen-bond acceptors (Lipinski definition) is 3. The second-order valence-corrected chi connectivity index (χ2v) is 4.93. The molecule has 1 aromatic carbocycles. The van der Waals surface area contributed by atoms with Gasteiger partial charge in [-0.3, -0.25) is 4.79 Å². The lowest BCUT2D eigenvalue weighted by molar-refractivity contribution is -0.124. The summed E-state index contributed by atoms with van der Waals surface area (Å²) in [6, 6.07) is 5.41. The SMILES string of the molecule is CC(C)OCC(=O)N(C)c1ccc(Br)cc1N. The molecule has 1 amide bonds. The van der Waals surface area contributed by atoms with Crippen LogP contribution in [0.5, 0.6) is 0 Å². The minimum absolute atomic E-state index is 0.0367. The van der Waals surface area contributed by atoms with Crippen LogP contribution in [0.4, 0.5) is 11.4 Å². The lowest BCUT2D eigenvalue weighted by atomic mass is 10.2. The van der Waals surface area contributed by atoms with Crippen LogP contribution in [0.2, 0.25) is 0 Å². The maximum absolute atomic E-state index is 11.8. The molecule has 0 unspecified atom stereocenters. The first-order valence-corrected chi connectivity index (χ1v) is 6.14. The van der Waals surface area contributed by atoms with Crippen LogP contribution >= 0.6 is 15.9 Å². The lowest BCUT2D eigenvalue weighted by Gasteiger charge is -2.20. The smallest absolute Gasteiger partial charge is 0.252 e. The zero-order valence-corrected chi connectivity index (χ0v) is 11.8. The highest BCUT2D eigenvalue weighted by Gasteiger charge is 2.14. The Balaban J connectivity index is 2.74. The predicted molar refractivity (Wildman–Crippen MR) is 73.1 cm³/mol. The van der Waals surface area contributed by atoms with E-state index in [1.165, 1.54) is 4.90 Å². The van der Waals surface area contributed by atoms with Crippen LogP contribution in [0.15, 0.2) is 22.7 Å². The van der Waals surface area contributed by atoms with Gasteiger partial charge in [-0.05, 0) is 32.0 Å². The molecule has 2 N–H and O–H groups in total. The molecule has 0 aliphatic heterocycles. The molecule has 0 heterocycles. The molecular formula is C12H17BrN2O2. The molecule has 0 atom stereocenters. The summed E-state index contributed by atoms with van der Waals surface area (Å²) in [5.41, 5.74) is 7.09. The van der Waals surface area contributed by atoms with E-state index >= 15 is 0 Å². The van der Waals surface area contributed by atoms with E-state index in [2.05, 4.69) is 15.9 Å². The minimum atomic E-state index is -0.118. The van der Waals surface area contributed by atoms with Gasteiger partial charge >= 0.3 is 0 Å². The van der Waals surface area contributed by atoms with Gasteiger partial charge in [-0.2, -0.15) is 0 Å². The van der Waals surface area contributed by atoms with Gasteiger partial charge in [0.1, 0.15) is 6.61 Å². The van der Waals surface area contributed by atoms with Crippen molar-refractivity contribution >= 4 is 33.2 Å². The number of rotatable bonds is 4. The first-order chi connectivity index (χ1) is 7.91. The van der Waals surface area contributed by atoms with E-state index in [0.717, 1.165) is 4.47 Å². The van der Waals surface area contributed by atoms with Gasteiger partial charge in [-0.25, -0.2) is 0 Å². The number of nitrogens with zero attached hydrogens (tertiary/aromatic N) is 1. The lowest BCUT2D eigenvalue weighted by Crippen LogP contribution is -2.31. The summed E-state index contributed by atoms with van der Waals surface area (Å²) in [5.74, 6) is -0.118. The Bertz CT molecular complexity index is 407. The van der Waals surface area contributed by atoms with E-state index in [-0.39, 0.29) is 18.6 Å². The van der Waals surface area contributed by atoms with Crippen molar-refractivity contribution in [1.29, 1.82) is 0 Å². The summed E-state index contributed by atoms with van der Waals surface area (Å²) in [6.45, 7) is 3.84. The van der Waals surface area contributed by atoms with Crippen LogP contribution in [0, 0.1) is 0 Å². The molecule has 0 saturated carbocycles. The number of benzene rings is 1. The first-order valence-electron chi connectivity index (χ1n) is 5.35. The highest BCUT2D eigenvalue weighted by molar-refractivity contribution is 9.10. The average molecular weight is 301 g/mol. The van der Waals surface area contributed by atoms with Crippen LogP contribution in [0.3, 0.4) is 0 Å². The van der Waals surface area contributed by atoms with Crippen LogP contribution in [-0.4, -0.2) is 25.7 Å². The summed E-state index contributed by atoms with van der Waals surface area (Å²) in [7, 11) is 1.69. The van der Waals surface area contributed by atoms with Crippen molar-refractivity contribution in [2.24, 2.45) is 0 Å². The van der Waals surface area contributed by atoms with Crippen molar-refractivity contribution < 1.29 is 9.53 Å². The zero-order valence-electron chi connectivity index (χ0n) is 10.2. The first kappa shape index (κ1) is 14.0. The monoisotopic (exact) mass is 300 g/mol. The molecule has 0 spiro atoms. The molecule has 0 aliphatic rings. The van der Waals surface area contributed by atoms with E-state index in [4.69, 9.17) is 10.5 Å². The predicted octanol–water partition coefficient (Wildman–Crippen LogP) is 2.42. The quantitative estimate of drug-likeness (QED) is 0.869. The normalized spacial score (nSPS) is 10.6. The van der Waals surface area contributed by atoms with Crippen molar-refractivity contribution in [2.45, 2.75) is 20.0 Å². The van der Waals surface area contributed by atoms with Gasteiger partial charge in [0.15, 0.2) is 0 Å². The highest BCUT2D eigenvalue weighted by Crippen LogP contribution is 2.25. The number of likely N-dealkylation sites (N-methyl/N-ethyl adjacent to an activating group) is 1. The number of nitrogen functional groups attached to an aromatic ring is 1. The van der Waals surface area contributed by atoms with Crippen LogP contribution in [0.25, 0.3) is 0 Å². The van der Waals surface area contributed by atoms with E-state index in [1.807, 2.05) is 19.9 Å². The van der Waals surface area contributed by atoms with Crippen LogP contribution in [0.1, 0.15) is 13.8 Å². The third-order valence-electron chi connectivity index (χ3n) is 2.27. The Morgan fingerprint density at radius 3 is 2.71 bits per heavy atom. The zero-order chi connectivity index (χ0) is 13.0. The van der Waals surface area contributed by atoms with Gasteiger partial charge in [0, 0.05) is 11.5 Å². The number of carbonyl (C=O) groups is 1. The summed E-state index contributed by atoms with van der Waals surface area (Å²) < 4.78 is 6.16. The topological polar surface area (TPSA) is 55.6 Å². The van der Waals surface area contributed by atoms with Crippen LogP contribution in [-0.2, 0) is 9.53 Å². The number of anilines is 2. The number of nitrogens with two attached hydrogens (primary N) is 1. The number of halogens is 1. The summed E-state index contributed by atoms with van der Waals surface area (Å²) in [4.78, 5) is 13.3. The molecular weight excluding hydrogens is 284 g/mol. The van der Waals surface area contributed by atoms with Gasteiger partial charge in [0.05, 0.1) is 17.5 Å². The Kier molecular flexibility index (Phi) is 4.96. The summed E-state index contributed by atoms with van der Waals surface area (Å²) >= 11 is 3.32. The van der Waals surface area contributed by atoms with Gasteiger partial charge in [0.2, 0.25) is 0 Å². The Morgan fingerprint density at radius 2 is 2.18 bits per heavy atom. The largest absolute Gasteiger partial charge is 0.397 e. The van der Waals surface area contributed by atoms with E-state index < -0.39 is 0 Å². The molecule has 94 valence electrons. The molecule has 0 saturated heterocycles. The fourth-order valence-corrected chi connectivity index (χ4v) is 1.68. The van der Waals surface area contributed by atoms with Gasteiger partial charge in [0.25, 0.3) is 5.91 Å². The molecule has 5 heteroatoms. The molecule has 0 radical (unpaired) electrons. The van der Waals surface area contributed by atoms with E-state index in [1.54, 1.807) is 19.2 Å². The summed E-state index contributed by atoms with van der Waals surface area (Å²) in [6.07, 6.45) is 0.0367. The third-order valence-corrected chi connectivity index (χ3v) is 2.76. The minimum Gasteiger partial charge on any atom is -0.397 e. The van der Waals surface area contributed by atoms with Gasteiger partial charge < -0.3 is 15.4 Å². The maximum Gasteiger partial charge on any atom is 0.252 e. The van der Waals surface area contributed by atoms with Gasteiger partial charge in [-0.15, -0.1) is 0 Å². The molecule has 4 nitrogen and oxygen atoms in total. The molecule has 1 rings (SSSR count). The number of ether oxygens (including phenoxy) is 1. The highest BCUT2D eigenvalue weighted by atomic mass is 79.9. The second kappa shape index (κ2) is 6.02. The Morgan fingerprint density at radius 1 is 1.53 bits per heavy atom. The Hall–Kier alpha value is -1.07. The molecule has 0 aliphatic carbocycles. The molecule has 0 bridgehead atoms. The molecule has 1 aromatic rings. The second-order valence-electron chi connectivity index (χ2n) is 4.02. The third kappa shape index (κ3) is 4.02. The molecule has 0 fully saturated rings. The average Bonchev–Trinajstić information content (AvgIpc) is 2.25. The van der Waals surface area contributed by atoms with Crippen molar-refractivity contribution in [3.05, 3.63) is 22.7 Å². The number of hydrogen-bond donors (Lipinski definition) is 1. The van der Waals surface area contributed by atoms with Crippen LogP contribution < -0.4 is 10.6 Å². The fourth-order valence-electron chi connectivity index (χ4n) is 1.30. The number of carbonyl (C=O) groups excluding carboxylic acids is 1. The van der Waals surface area contributed by atoms with E-state index in [9.17, 15) is 4.79 Å². The maximum atomic E-state index is 11.8. The molecule has 17 heavy (non-hydrogen) atoms. The van der Waals surface area contributed by atoms with Crippen molar-refractivity contribution in [1.82, 2.24) is 0 Å². The van der Waals surface area contributed by atoms with Crippen molar-refractivity contribution in [3.8, 4) is 0 Å². The molecule has 0 aromatic heterocycles. The number of amides is 1. The van der Waals surface area contributed by atoms with E-state index in [0.29, 0.717) is 11.4 Å². The Labute approximate surface area is 110 Å². The van der Waals surface area contributed by atoms with Gasteiger partial charge in [-0.1, -0.05) is 15.9 Å². The fraction of sp³-hybridized carbons (Fsp3) is 0.417. The summed E-state index contributed by atoms with van der Waals surface area (Å²) in [5, 5.41) is 0.